The van der Waals surface area contributed by atoms with Crippen molar-refractivity contribution in [3.05, 3.63) is 46.2 Å². The number of benzene rings is 1. The number of carbonyl (C=O) groups excluding carboxylic acids is 1. The Bertz CT molecular complexity index is 679. The van der Waals surface area contributed by atoms with Gasteiger partial charge in [-0.25, -0.2) is 0 Å². The summed E-state index contributed by atoms with van der Waals surface area (Å²) in [6.07, 6.45) is 0.898. The quantitative estimate of drug-likeness (QED) is 0.922. The van der Waals surface area contributed by atoms with Crippen LogP contribution in [0.3, 0.4) is 0 Å². The SMILES string of the molecule is Cc1cc(C(=O)NC2CCSc3ccc(Cl)cc32)nn1C. The minimum absolute atomic E-state index is 0.00485. The summed E-state index contributed by atoms with van der Waals surface area (Å²) in [5.74, 6) is 0.849. The molecule has 4 nitrogen and oxygen atoms in total. The van der Waals surface area contributed by atoms with E-state index in [2.05, 4.69) is 10.4 Å². The number of aromatic nitrogens is 2. The molecule has 1 unspecified atom stereocenters. The molecular weight excluding hydrogens is 306 g/mol. The minimum Gasteiger partial charge on any atom is -0.344 e. The summed E-state index contributed by atoms with van der Waals surface area (Å²) in [6.45, 7) is 1.93. The fourth-order valence-corrected chi connectivity index (χ4v) is 3.71. The van der Waals surface area contributed by atoms with E-state index in [4.69, 9.17) is 11.6 Å². The molecule has 110 valence electrons. The molecule has 0 aliphatic carbocycles. The summed E-state index contributed by atoms with van der Waals surface area (Å²) in [5.41, 5.74) is 2.51. The van der Waals surface area contributed by atoms with E-state index >= 15 is 0 Å². The van der Waals surface area contributed by atoms with Gasteiger partial charge in [-0.15, -0.1) is 11.8 Å². The number of hydrogen-bond donors (Lipinski definition) is 1. The number of fused-ring (bicyclic) bond motifs is 1. The van der Waals surface area contributed by atoms with Crippen molar-refractivity contribution in [1.29, 1.82) is 0 Å². The van der Waals surface area contributed by atoms with Crippen LogP contribution in [0.1, 0.15) is 34.2 Å². The Morgan fingerprint density at radius 2 is 2.29 bits per heavy atom. The van der Waals surface area contributed by atoms with E-state index in [0.717, 1.165) is 23.4 Å². The topological polar surface area (TPSA) is 46.9 Å². The van der Waals surface area contributed by atoms with Gasteiger partial charge < -0.3 is 5.32 Å². The molecule has 0 spiro atoms. The Morgan fingerprint density at radius 3 is 3.00 bits per heavy atom. The molecule has 1 aromatic heterocycles. The molecule has 2 heterocycles. The summed E-state index contributed by atoms with van der Waals surface area (Å²) >= 11 is 7.88. The highest BCUT2D eigenvalue weighted by Crippen LogP contribution is 2.37. The lowest BCUT2D eigenvalue weighted by atomic mass is 10.0. The van der Waals surface area contributed by atoms with Crippen LogP contribution < -0.4 is 5.32 Å². The number of carbonyl (C=O) groups is 1. The van der Waals surface area contributed by atoms with Crippen molar-refractivity contribution in [3.63, 3.8) is 0 Å². The summed E-state index contributed by atoms with van der Waals surface area (Å²) in [5, 5.41) is 7.99. The maximum absolute atomic E-state index is 12.3. The molecule has 21 heavy (non-hydrogen) atoms. The number of hydrogen-bond acceptors (Lipinski definition) is 3. The molecule has 3 rings (SSSR count). The normalized spacial score (nSPS) is 17.4. The lowest BCUT2D eigenvalue weighted by Crippen LogP contribution is -2.31. The molecule has 2 aromatic rings. The third kappa shape index (κ3) is 2.94. The summed E-state index contributed by atoms with van der Waals surface area (Å²) in [6, 6.07) is 7.64. The largest absolute Gasteiger partial charge is 0.344 e. The number of aryl methyl sites for hydroxylation is 2. The fraction of sp³-hybridized carbons (Fsp3) is 0.333. The maximum atomic E-state index is 12.3. The standard InChI is InChI=1S/C15H16ClN3OS/c1-9-7-13(18-19(9)2)15(20)17-12-5-6-21-14-4-3-10(16)8-11(12)14/h3-4,7-8,12H,5-6H2,1-2H3,(H,17,20). The third-order valence-corrected chi connectivity index (χ3v) is 5.02. The molecular formula is C15H16ClN3OS. The number of thioether (sulfide) groups is 1. The van der Waals surface area contributed by atoms with Gasteiger partial charge in [0.1, 0.15) is 5.69 Å². The Hall–Kier alpha value is -1.46. The van der Waals surface area contributed by atoms with Crippen molar-refractivity contribution in [2.45, 2.75) is 24.3 Å². The smallest absolute Gasteiger partial charge is 0.272 e. The van der Waals surface area contributed by atoms with Crippen molar-refractivity contribution < 1.29 is 4.79 Å². The van der Waals surface area contributed by atoms with Crippen molar-refractivity contribution in [2.75, 3.05) is 5.75 Å². The molecule has 1 atom stereocenters. The third-order valence-electron chi connectivity index (χ3n) is 3.66. The van der Waals surface area contributed by atoms with Gasteiger partial charge in [-0.3, -0.25) is 9.48 Å². The highest BCUT2D eigenvalue weighted by molar-refractivity contribution is 7.99. The van der Waals surface area contributed by atoms with Gasteiger partial charge in [0.2, 0.25) is 0 Å². The molecule has 1 amide bonds. The molecule has 1 aliphatic heterocycles. The number of amides is 1. The van der Waals surface area contributed by atoms with E-state index in [0.29, 0.717) is 10.7 Å². The first-order valence-electron chi connectivity index (χ1n) is 6.78. The fourth-order valence-electron chi connectivity index (χ4n) is 2.42. The zero-order valence-corrected chi connectivity index (χ0v) is 13.5. The van der Waals surface area contributed by atoms with Gasteiger partial charge in [0.25, 0.3) is 5.91 Å². The lowest BCUT2D eigenvalue weighted by Gasteiger charge is -2.25. The second-order valence-electron chi connectivity index (χ2n) is 5.14. The molecule has 0 bridgehead atoms. The van der Waals surface area contributed by atoms with Crippen molar-refractivity contribution in [1.82, 2.24) is 15.1 Å². The van der Waals surface area contributed by atoms with Crippen LogP contribution in [0, 0.1) is 6.92 Å². The second-order valence-corrected chi connectivity index (χ2v) is 6.71. The first kappa shape index (κ1) is 14.5. The van der Waals surface area contributed by atoms with Gasteiger partial charge >= 0.3 is 0 Å². The molecule has 1 aliphatic rings. The van der Waals surface area contributed by atoms with Crippen LogP contribution in [0.4, 0.5) is 0 Å². The summed E-state index contributed by atoms with van der Waals surface area (Å²) in [4.78, 5) is 13.5. The highest BCUT2D eigenvalue weighted by Gasteiger charge is 2.24. The van der Waals surface area contributed by atoms with Gasteiger partial charge in [-0.2, -0.15) is 5.10 Å². The van der Waals surface area contributed by atoms with E-state index in [9.17, 15) is 4.79 Å². The van der Waals surface area contributed by atoms with Crippen LogP contribution >= 0.6 is 23.4 Å². The van der Waals surface area contributed by atoms with Crippen LogP contribution in [0.25, 0.3) is 0 Å². The van der Waals surface area contributed by atoms with Crippen molar-refractivity contribution in [3.8, 4) is 0 Å². The Kier molecular flexibility index (Phi) is 3.95. The molecule has 0 saturated carbocycles. The van der Waals surface area contributed by atoms with E-state index in [-0.39, 0.29) is 11.9 Å². The first-order valence-corrected chi connectivity index (χ1v) is 8.14. The van der Waals surface area contributed by atoms with Gasteiger partial charge in [0, 0.05) is 28.4 Å². The lowest BCUT2D eigenvalue weighted by molar-refractivity contribution is 0.0929. The predicted octanol–water partition coefficient (Wildman–Crippen LogP) is 3.35. The van der Waals surface area contributed by atoms with Gasteiger partial charge in [-0.1, -0.05) is 11.6 Å². The number of halogens is 1. The Morgan fingerprint density at radius 1 is 1.48 bits per heavy atom. The highest BCUT2D eigenvalue weighted by atomic mass is 35.5. The number of nitrogens with one attached hydrogen (secondary N) is 1. The van der Waals surface area contributed by atoms with Gasteiger partial charge in [0.05, 0.1) is 6.04 Å². The Balaban J connectivity index is 1.83. The average Bonchev–Trinajstić information content (AvgIpc) is 2.79. The summed E-state index contributed by atoms with van der Waals surface area (Å²) in [7, 11) is 1.83. The molecule has 0 saturated heterocycles. The van der Waals surface area contributed by atoms with Gasteiger partial charge in [0.15, 0.2) is 0 Å². The van der Waals surface area contributed by atoms with Crippen LogP contribution in [0.15, 0.2) is 29.2 Å². The molecule has 1 aromatic carbocycles. The van der Waals surface area contributed by atoms with E-state index in [1.54, 1.807) is 22.5 Å². The van der Waals surface area contributed by atoms with E-state index in [1.165, 1.54) is 4.90 Å². The van der Waals surface area contributed by atoms with Crippen LogP contribution in [0.2, 0.25) is 5.02 Å². The van der Waals surface area contributed by atoms with Crippen molar-refractivity contribution in [2.24, 2.45) is 7.05 Å². The molecule has 1 N–H and O–H groups in total. The Labute approximate surface area is 132 Å². The number of nitrogens with zero attached hydrogens (tertiary/aromatic N) is 2. The molecule has 0 radical (unpaired) electrons. The number of rotatable bonds is 2. The molecule has 6 heteroatoms. The predicted molar refractivity (Wildman–Crippen MR) is 84.9 cm³/mol. The van der Waals surface area contributed by atoms with E-state index < -0.39 is 0 Å². The van der Waals surface area contributed by atoms with E-state index in [1.807, 2.05) is 32.2 Å². The average molecular weight is 322 g/mol. The first-order chi connectivity index (χ1) is 10.0. The van der Waals surface area contributed by atoms with Crippen LogP contribution in [0.5, 0.6) is 0 Å². The second kappa shape index (κ2) is 5.73. The van der Waals surface area contributed by atoms with Crippen molar-refractivity contribution >= 4 is 29.3 Å². The summed E-state index contributed by atoms with van der Waals surface area (Å²) < 4.78 is 1.70. The van der Waals surface area contributed by atoms with Crippen LogP contribution in [-0.4, -0.2) is 21.4 Å². The molecule has 0 fully saturated rings. The zero-order chi connectivity index (χ0) is 15.0. The monoisotopic (exact) mass is 321 g/mol. The minimum atomic E-state index is -0.137. The van der Waals surface area contributed by atoms with Crippen LogP contribution in [-0.2, 0) is 7.05 Å². The van der Waals surface area contributed by atoms with Gasteiger partial charge in [-0.05, 0) is 43.2 Å². The maximum Gasteiger partial charge on any atom is 0.272 e. The zero-order valence-electron chi connectivity index (χ0n) is 11.9.